The number of carbonyl (C=O) groups excluding carboxylic acids is 1. The first kappa shape index (κ1) is 9.23. The number of esters is 1. The number of cyclic esters (lactones) is 1. The number of carbonyl (C=O) groups is 1. The molecule has 5 atom stereocenters. The minimum absolute atomic E-state index is 0.0110. The van der Waals surface area contributed by atoms with Gasteiger partial charge in [-0.25, -0.2) is 0 Å². The Labute approximate surface area is 94.8 Å². The van der Waals surface area contributed by atoms with E-state index in [-0.39, 0.29) is 30.2 Å². The fourth-order valence-corrected chi connectivity index (χ4v) is 4.10. The van der Waals surface area contributed by atoms with Crippen LogP contribution in [0, 0.1) is 11.8 Å². The van der Waals surface area contributed by atoms with Gasteiger partial charge in [-0.05, 0) is 43.8 Å². The molecule has 3 heterocycles. The van der Waals surface area contributed by atoms with E-state index >= 15 is 0 Å². The van der Waals surface area contributed by atoms with Crippen molar-refractivity contribution < 1.29 is 14.3 Å². The van der Waals surface area contributed by atoms with Crippen LogP contribution in [0.2, 0.25) is 0 Å². The molecule has 2 bridgehead atoms. The van der Waals surface area contributed by atoms with Crippen LogP contribution in [0.15, 0.2) is 11.1 Å². The smallest absolute Gasteiger partial charge is 0.312 e. The van der Waals surface area contributed by atoms with Crippen LogP contribution in [-0.2, 0) is 14.3 Å². The average Bonchev–Trinajstić information content (AvgIpc) is 2.91. The third-order valence-corrected chi connectivity index (χ3v) is 4.74. The Morgan fingerprint density at radius 2 is 1.81 bits per heavy atom. The Balaban J connectivity index is 1.79. The van der Waals surface area contributed by atoms with Gasteiger partial charge in [0.05, 0.1) is 18.1 Å². The molecular weight excluding hydrogens is 204 g/mol. The molecule has 0 aromatic rings. The molecule has 16 heavy (non-hydrogen) atoms. The van der Waals surface area contributed by atoms with Crippen LogP contribution in [0.4, 0.5) is 0 Å². The van der Waals surface area contributed by atoms with E-state index in [2.05, 4.69) is 0 Å². The van der Waals surface area contributed by atoms with Crippen molar-refractivity contribution in [3.63, 3.8) is 0 Å². The van der Waals surface area contributed by atoms with E-state index in [0.29, 0.717) is 5.92 Å². The second-order valence-electron chi connectivity index (χ2n) is 5.48. The molecule has 4 aliphatic rings. The lowest BCUT2D eigenvalue weighted by Gasteiger charge is -2.28. The van der Waals surface area contributed by atoms with Crippen LogP contribution in [-0.4, -0.2) is 24.3 Å². The maximum Gasteiger partial charge on any atom is 0.312 e. The van der Waals surface area contributed by atoms with Crippen molar-refractivity contribution in [3.05, 3.63) is 11.1 Å². The van der Waals surface area contributed by atoms with Crippen LogP contribution in [0.25, 0.3) is 0 Å². The number of hydrogen-bond donors (Lipinski definition) is 0. The second kappa shape index (κ2) is 2.89. The molecular formula is C13H16O3. The molecule has 0 radical (unpaired) electrons. The van der Waals surface area contributed by atoms with Crippen molar-refractivity contribution in [3.8, 4) is 0 Å². The maximum atomic E-state index is 11.8. The molecule has 86 valence electrons. The zero-order chi connectivity index (χ0) is 10.9. The summed E-state index contributed by atoms with van der Waals surface area (Å²) >= 11 is 0. The van der Waals surface area contributed by atoms with Gasteiger partial charge in [0.25, 0.3) is 0 Å². The van der Waals surface area contributed by atoms with Crippen molar-refractivity contribution >= 4 is 5.97 Å². The minimum Gasteiger partial charge on any atom is -0.462 e. The Morgan fingerprint density at radius 3 is 2.56 bits per heavy atom. The lowest BCUT2D eigenvalue weighted by molar-refractivity contribution is -0.146. The van der Waals surface area contributed by atoms with Crippen molar-refractivity contribution in [2.24, 2.45) is 11.8 Å². The van der Waals surface area contributed by atoms with E-state index < -0.39 is 0 Å². The summed E-state index contributed by atoms with van der Waals surface area (Å²) in [7, 11) is 0. The molecule has 1 aliphatic carbocycles. The normalized spacial score (nSPS) is 49.3. The van der Waals surface area contributed by atoms with Gasteiger partial charge < -0.3 is 9.47 Å². The molecule has 3 heteroatoms. The third-order valence-electron chi connectivity index (χ3n) is 4.74. The number of ether oxygens (including phenoxy) is 2. The number of hydrogen-bond acceptors (Lipinski definition) is 3. The van der Waals surface area contributed by atoms with Crippen molar-refractivity contribution in [2.75, 3.05) is 0 Å². The van der Waals surface area contributed by atoms with Crippen LogP contribution >= 0.6 is 0 Å². The summed E-state index contributed by atoms with van der Waals surface area (Å²) in [5.41, 5.74) is 2.96. The summed E-state index contributed by atoms with van der Waals surface area (Å²) in [6.45, 7) is 2.01. The molecule has 3 aliphatic heterocycles. The van der Waals surface area contributed by atoms with Gasteiger partial charge in [0.2, 0.25) is 0 Å². The van der Waals surface area contributed by atoms with Crippen LogP contribution in [0.5, 0.6) is 0 Å². The fraction of sp³-hybridized carbons (Fsp3) is 0.769. The van der Waals surface area contributed by atoms with Crippen LogP contribution < -0.4 is 0 Å². The van der Waals surface area contributed by atoms with E-state index in [9.17, 15) is 4.79 Å². The molecule has 0 unspecified atom stereocenters. The molecule has 4 rings (SSSR count). The first-order valence-electron chi connectivity index (χ1n) is 6.35. The third kappa shape index (κ3) is 0.915. The molecule has 2 saturated heterocycles. The van der Waals surface area contributed by atoms with Gasteiger partial charge in [-0.1, -0.05) is 0 Å². The van der Waals surface area contributed by atoms with E-state index in [1.807, 2.05) is 6.92 Å². The van der Waals surface area contributed by atoms with Gasteiger partial charge >= 0.3 is 5.97 Å². The predicted molar refractivity (Wildman–Crippen MR) is 56.7 cm³/mol. The highest BCUT2D eigenvalue weighted by Crippen LogP contribution is 2.55. The quantitative estimate of drug-likeness (QED) is 0.461. The van der Waals surface area contributed by atoms with E-state index in [1.165, 1.54) is 30.4 Å². The van der Waals surface area contributed by atoms with E-state index in [0.717, 1.165) is 6.42 Å². The monoisotopic (exact) mass is 220 g/mol. The first-order valence-corrected chi connectivity index (χ1v) is 6.35. The second-order valence-corrected chi connectivity index (χ2v) is 5.48. The lowest BCUT2D eigenvalue weighted by atomic mass is 9.71. The summed E-state index contributed by atoms with van der Waals surface area (Å²) in [4.78, 5) is 11.8. The van der Waals surface area contributed by atoms with E-state index in [1.54, 1.807) is 0 Å². The summed E-state index contributed by atoms with van der Waals surface area (Å²) in [5, 5.41) is 0. The Hall–Kier alpha value is -0.830. The van der Waals surface area contributed by atoms with Crippen molar-refractivity contribution in [2.45, 2.75) is 50.9 Å². The van der Waals surface area contributed by atoms with Crippen LogP contribution in [0.1, 0.15) is 32.6 Å². The topological polar surface area (TPSA) is 35.5 Å². The maximum absolute atomic E-state index is 11.8. The number of rotatable bonds is 0. The predicted octanol–water partition coefficient (Wildman–Crippen LogP) is 1.82. The van der Waals surface area contributed by atoms with Gasteiger partial charge in [0.15, 0.2) is 0 Å². The van der Waals surface area contributed by atoms with Crippen LogP contribution in [0.3, 0.4) is 0 Å². The molecule has 2 fully saturated rings. The van der Waals surface area contributed by atoms with Crippen molar-refractivity contribution in [1.29, 1.82) is 0 Å². The SMILES string of the molecule is C[C@@H]1OC(=O)[C@@H]2[C@H]1[C@H]1O[C@@H]2C2=C1CCCC2. The zero-order valence-electron chi connectivity index (χ0n) is 9.44. The Morgan fingerprint density at radius 1 is 1.12 bits per heavy atom. The molecule has 0 aromatic heterocycles. The summed E-state index contributed by atoms with van der Waals surface area (Å²) < 4.78 is 11.4. The van der Waals surface area contributed by atoms with Crippen molar-refractivity contribution in [1.82, 2.24) is 0 Å². The molecule has 0 saturated carbocycles. The fourth-order valence-electron chi connectivity index (χ4n) is 4.10. The van der Waals surface area contributed by atoms with Gasteiger partial charge in [-0.3, -0.25) is 4.79 Å². The molecule has 0 spiro atoms. The molecule has 0 N–H and O–H groups in total. The Bertz CT molecular complexity index is 398. The Kier molecular flexibility index (Phi) is 1.67. The highest BCUT2D eigenvalue weighted by atomic mass is 16.6. The van der Waals surface area contributed by atoms with Gasteiger partial charge in [-0.15, -0.1) is 0 Å². The minimum atomic E-state index is -0.0258. The molecule has 3 nitrogen and oxygen atoms in total. The lowest BCUT2D eigenvalue weighted by Crippen LogP contribution is -2.33. The standard InChI is InChI=1S/C13H16O3/c1-6-9-10(13(14)15-6)12-8-5-3-2-4-7(8)11(9)16-12/h6,9-12H,2-5H2,1H3/t6-,9-,10+,11-,12+/m0/s1. The molecule has 0 amide bonds. The number of fused-ring (bicyclic) bond motifs is 7. The molecule has 0 aromatic carbocycles. The van der Waals surface area contributed by atoms with Gasteiger partial charge in [-0.2, -0.15) is 0 Å². The van der Waals surface area contributed by atoms with Gasteiger partial charge in [0.1, 0.15) is 6.10 Å². The van der Waals surface area contributed by atoms with E-state index in [4.69, 9.17) is 9.47 Å². The summed E-state index contributed by atoms with van der Waals surface area (Å²) in [5.74, 6) is 0.285. The van der Waals surface area contributed by atoms with Gasteiger partial charge in [0, 0.05) is 5.92 Å². The largest absolute Gasteiger partial charge is 0.462 e. The highest BCUT2D eigenvalue weighted by Gasteiger charge is 2.62. The summed E-state index contributed by atoms with van der Waals surface area (Å²) in [6.07, 6.45) is 5.18. The zero-order valence-corrected chi connectivity index (χ0v) is 9.44. The average molecular weight is 220 g/mol. The first-order chi connectivity index (χ1) is 7.77. The summed E-state index contributed by atoms with van der Waals surface area (Å²) in [6, 6.07) is 0. The highest BCUT2D eigenvalue weighted by molar-refractivity contribution is 5.78.